The van der Waals surface area contributed by atoms with Crippen molar-refractivity contribution in [3.05, 3.63) is 94.5 Å². The smallest absolute Gasteiger partial charge is 0.276 e. The SMILES string of the molecule is COc1cccc2cc(C(=O)Nc3ccc(Cl)cc3)/c(=N\NS(=O)(=O)c3ccc(C)cc3)oc12. The zero-order valence-corrected chi connectivity index (χ0v) is 19.8. The Kier molecular flexibility index (Phi) is 6.58. The van der Waals surface area contributed by atoms with Gasteiger partial charge in [-0.15, -0.1) is 5.10 Å². The second-order valence-electron chi connectivity index (χ2n) is 7.32. The molecule has 0 radical (unpaired) electrons. The van der Waals surface area contributed by atoms with Crippen LogP contribution in [0.4, 0.5) is 5.69 Å². The van der Waals surface area contributed by atoms with Crippen molar-refractivity contribution < 1.29 is 22.4 Å². The minimum absolute atomic E-state index is 0.0160. The number of sulfonamides is 1. The highest BCUT2D eigenvalue weighted by Crippen LogP contribution is 2.25. The lowest BCUT2D eigenvalue weighted by Crippen LogP contribution is -2.27. The number of amides is 1. The first-order chi connectivity index (χ1) is 16.3. The molecule has 3 aromatic carbocycles. The average molecular weight is 498 g/mol. The van der Waals surface area contributed by atoms with Crippen molar-refractivity contribution in [2.24, 2.45) is 5.10 Å². The number of rotatable bonds is 6. The number of carbonyl (C=O) groups is 1. The molecule has 0 fully saturated rings. The minimum atomic E-state index is -4.00. The van der Waals surface area contributed by atoms with Gasteiger partial charge < -0.3 is 14.5 Å². The van der Waals surface area contributed by atoms with Gasteiger partial charge in [-0.1, -0.05) is 41.4 Å². The number of hydrogen-bond acceptors (Lipinski definition) is 6. The van der Waals surface area contributed by atoms with Crippen LogP contribution in [0, 0.1) is 6.92 Å². The van der Waals surface area contributed by atoms with Gasteiger partial charge in [0.25, 0.3) is 15.9 Å². The van der Waals surface area contributed by atoms with E-state index in [2.05, 4.69) is 15.2 Å². The third kappa shape index (κ3) is 5.05. The Bertz CT molecular complexity index is 1530. The van der Waals surface area contributed by atoms with E-state index in [1.165, 1.54) is 19.2 Å². The number of para-hydroxylation sites is 1. The number of hydrogen-bond donors (Lipinski definition) is 2. The summed E-state index contributed by atoms with van der Waals surface area (Å²) >= 11 is 5.91. The summed E-state index contributed by atoms with van der Waals surface area (Å²) in [4.78, 5) is 15.2. The van der Waals surface area contributed by atoms with E-state index in [4.69, 9.17) is 20.8 Å². The van der Waals surface area contributed by atoms with Gasteiger partial charge >= 0.3 is 0 Å². The summed E-state index contributed by atoms with van der Waals surface area (Å²) in [5, 5.41) is 7.76. The van der Waals surface area contributed by atoms with E-state index < -0.39 is 15.9 Å². The Labute approximate surface area is 200 Å². The molecule has 4 aromatic rings. The van der Waals surface area contributed by atoms with Crippen LogP contribution in [0.25, 0.3) is 11.0 Å². The molecule has 1 amide bonds. The van der Waals surface area contributed by atoms with Crippen molar-refractivity contribution in [3.8, 4) is 5.75 Å². The highest BCUT2D eigenvalue weighted by molar-refractivity contribution is 7.89. The number of methoxy groups -OCH3 is 1. The Morgan fingerprint density at radius 2 is 1.74 bits per heavy atom. The molecule has 174 valence electrons. The lowest BCUT2D eigenvalue weighted by atomic mass is 10.1. The Morgan fingerprint density at radius 3 is 2.41 bits per heavy atom. The number of nitrogens with zero attached hydrogens (tertiary/aromatic N) is 1. The molecule has 0 aliphatic rings. The van der Waals surface area contributed by atoms with Gasteiger partial charge in [-0.25, -0.2) is 0 Å². The number of aryl methyl sites for hydroxylation is 1. The molecule has 1 heterocycles. The van der Waals surface area contributed by atoms with Gasteiger partial charge in [0, 0.05) is 16.1 Å². The van der Waals surface area contributed by atoms with Crippen molar-refractivity contribution in [2.75, 3.05) is 12.4 Å². The molecule has 0 unspecified atom stereocenters. The average Bonchev–Trinajstić information content (AvgIpc) is 2.83. The van der Waals surface area contributed by atoms with Crippen molar-refractivity contribution in [1.29, 1.82) is 0 Å². The summed E-state index contributed by atoms with van der Waals surface area (Å²) in [7, 11) is -2.53. The summed E-state index contributed by atoms with van der Waals surface area (Å²) in [5.74, 6) is -0.149. The highest BCUT2D eigenvalue weighted by atomic mass is 35.5. The normalized spacial score (nSPS) is 11.9. The highest BCUT2D eigenvalue weighted by Gasteiger charge is 2.17. The molecule has 0 saturated heterocycles. The van der Waals surface area contributed by atoms with Crippen LogP contribution < -0.4 is 20.4 Å². The maximum absolute atomic E-state index is 13.1. The minimum Gasteiger partial charge on any atom is -0.493 e. The van der Waals surface area contributed by atoms with Gasteiger partial charge in [0.15, 0.2) is 11.3 Å². The second-order valence-corrected chi connectivity index (χ2v) is 9.42. The van der Waals surface area contributed by atoms with E-state index in [0.717, 1.165) is 5.56 Å². The number of carbonyl (C=O) groups excluding carboxylic acids is 1. The Morgan fingerprint density at radius 1 is 1.03 bits per heavy atom. The summed E-state index contributed by atoms with van der Waals surface area (Å²) < 4.78 is 36.6. The van der Waals surface area contributed by atoms with Crippen molar-refractivity contribution in [3.63, 3.8) is 0 Å². The number of ether oxygens (including phenoxy) is 1. The first-order valence-electron chi connectivity index (χ1n) is 10.1. The molecule has 0 bridgehead atoms. The second kappa shape index (κ2) is 9.58. The molecule has 0 aliphatic carbocycles. The summed E-state index contributed by atoms with van der Waals surface area (Å²) in [6, 6.07) is 19.5. The van der Waals surface area contributed by atoms with E-state index in [1.54, 1.807) is 60.7 Å². The van der Waals surface area contributed by atoms with Gasteiger partial charge in [-0.3, -0.25) is 4.79 Å². The van der Waals surface area contributed by atoms with Gasteiger partial charge in [0.05, 0.1) is 12.0 Å². The van der Waals surface area contributed by atoms with Crippen LogP contribution >= 0.6 is 11.6 Å². The fourth-order valence-corrected chi connectivity index (χ4v) is 4.06. The Balaban J connectivity index is 1.79. The fourth-order valence-electron chi connectivity index (χ4n) is 3.13. The van der Waals surface area contributed by atoms with E-state index in [-0.39, 0.29) is 16.0 Å². The molecule has 0 atom stereocenters. The zero-order chi connectivity index (χ0) is 24.3. The molecule has 2 N–H and O–H groups in total. The largest absolute Gasteiger partial charge is 0.493 e. The number of benzene rings is 3. The molecule has 34 heavy (non-hydrogen) atoms. The molecule has 0 spiro atoms. The predicted octanol–water partition coefficient (Wildman–Crippen LogP) is 4.45. The molecule has 1 aromatic heterocycles. The summed E-state index contributed by atoms with van der Waals surface area (Å²) in [6.07, 6.45) is 0. The number of halogens is 1. The third-order valence-corrected chi connectivity index (χ3v) is 6.38. The molecular formula is C24H20ClN3O5S. The van der Waals surface area contributed by atoms with Crippen molar-refractivity contribution in [1.82, 2.24) is 4.83 Å². The van der Waals surface area contributed by atoms with E-state index in [9.17, 15) is 13.2 Å². The first kappa shape index (κ1) is 23.3. The van der Waals surface area contributed by atoms with Crippen LogP contribution in [0.1, 0.15) is 15.9 Å². The standard InChI is InChI=1S/C24H20ClN3O5S/c1-15-6-12-19(13-7-15)34(30,31)28-27-24-20(23(29)26-18-10-8-17(25)9-11-18)14-16-4-3-5-21(32-2)22(16)33-24/h3-14,28H,1-2H3,(H,26,29)/b27-24+. The van der Waals surface area contributed by atoms with Gasteiger partial charge in [-0.2, -0.15) is 13.2 Å². The molecule has 8 nitrogen and oxygen atoms in total. The lowest BCUT2D eigenvalue weighted by Gasteiger charge is -2.09. The molecule has 0 saturated carbocycles. The van der Waals surface area contributed by atoms with Crippen LogP contribution in [0.2, 0.25) is 5.02 Å². The van der Waals surface area contributed by atoms with Crippen LogP contribution in [0.15, 0.2) is 87.2 Å². The molecular weight excluding hydrogens is 478 g/mol. The number of fused-ring (bicyclic) bond motifs is 1. The number of anilines is 1. The summed E-state index contributed by atoms with van der Waals surface area (Å²) in [6.45, 7) is 1.85. The maximum Gasteiger partial charge on any atom is 0.276 e. The van der Waals surface area contributed by atoms with E-state index >= 15 is 0 Å². The lowest BCUT2D eigenvalue weighted by molar-refractivity contribution is 0.102. The first-order valence-corrected chi connectivity index (χ1v) is 11.9. The monoisotopic (exact) mass is 497 g/mol. The van der Waals surface area contributed by atoms with E-state index in [1.807, 2.05) is 6.92 Å². The quantitative estimate of drug-likeness (QED) is 0.382. The molecule has 0 aliphatic heterocycles. The number of nitrogens with one attached hydrogen (secondary N) is 2. The van der Waals surface area contributed by atoms with Crippen LogP contribution in [-0.2, 0) is 10.0 Å². The molecule has 10 heteroatoms. The van der Waals surface area contributed by atoms with Crippen LogP contribution in [-0.4, -0.2) is 21.4 Å². The Hall–Kier alpha value is -3.82. The maximum atomic E-state index is 13.1. The van der Waals surface area contributed by atoms with E-state index in [0.29, 0.717) is 27.4 Å². The zero-order valence-electron chi connectivity index (χ0n) is 18.2. The fraction of sp³-hybridized carbons (Fsp3) is 0.0833. The van der Waals surface area contributed by atoms with Gasteiger partial charge in [0.2, 0.25) is 5.55 Å². The predicted molar refractivity (Wildman–Crippen MR) is 129 cm³/mol. The van der Waals surface area contributed by atoms with Crippen molar-refractivity contribution in [2.45, 2.75) is 11.8 Å². The van der Waals surface area contributed by atoms with Gasteiger partial charge in [0.1, 0.15) is 5.56 Å². The topological polar surface area (TPSA) is 110 Å². The van der Waals surface area contributed by atoms with Crippen LogP contribution in [0.5, 0.6) is 5.75 Å². The summed E-state index contributed by atoms with van der Waals surface area (Å²) in [5.41, 5.74) is 1.49. The third-order valence-electron chi connectivity index (χ3n) is 4.90. The van der Waals surface area contributed by atoms with Crippen molar-refractivity contribution >= 4 is 44.2 Å². The molecule has 4 rings (SSSR count). The van der Waals surface area contributed by atoms with Gasteiger partial charge in [-0.05, 0) is 55.5 Å². The van der Waals surface area contributed by atoms with Crippen LogP contribution in [0.3, 0.4) is 0 Å².